The number of hydrogen-bond donors (Lipinski definition) is 1. The van der Waals surface area contributed by atoms with E-state index in [1.165, 1.54) is 6.26 Å². The lowest BCUT2D eigenvalue weighted by Gasteiger charge is -2.17. The number of rotatable bonds is 6. The normalized spacial score (nSPS) is 13.3. The highest BCUT2D eigenvalue weighted by atomic mass is 32.2. The summed E-state index contributed by atoms with van der Waals surface area (Å²) in [7, 11) is -1.49. The number of aryl methyl sites for hydroxylation is 1. The van der Waals surface area contributed by atoms with Gasteiger partial charge in [-0.1, -0.05) is 6.07 Å². The van der Waals surface area contributed by atoms with Gasteiger partial charge in [0.2, 0.25) is 0 Å². The summed E-state index contributed by atoms with van der Waals surface area (Å²) < 4.78 is 28.0. The topological polar surface area (TPSA) is 55.4 Å². The van der Waals surface area contributed by atoms with Gasteiger partial charge in [0.25, 0.3) is 0 Å². The first kappa shape index (κ1) is 15.0. The summed E-state index contributed by atoms with van der Waals surface area (Å²) in [6.45, 7) is 4.68. The number of nitrogens with one attached hydrogen (secondary N) is 1. The van der Waals surface area contributed by atoms with Crippen LogP contribution in [0.2, 0.25) is 0 Å². The highest BCUT2D eigenvalue weighted by Gasteiger charge is 2.10. The zero-order chi connectivity index (χ0) is 13.8. The second-order valence-electron chi connectivity index (χ2n) is 4.58. The Bertz CT molecular complexity index is 497. The molecule has 0 aromatic heterocycles. The molecule has 4 nitrogen and oxygen atoms in total. The van der Waals surface area contributed by atoms with Crippen molar-refractivity contribution in [1.29, 1.82) is 0 Å². The molecule has 1 atom stereocenters. The van der Waals surface area contributed by atoms with E-state index < -0.39 is 9.84 Å². The van der Waals surface area contributed by atoms with Gasteiger partial charge in [0.05, 0.1) is 4.90 Å². The number of anilines is 1. The van der Waals surface area contributed by atoms with E-state index in [1.807, 2.05) is 19.9 Å². The molecule has 0 saturated heterocycles. The molecule has 18 heavy (non-hydrogen) atoms. The molecule has 0 amide bonds. The highest BCUT2D eigenvalue weighted by Crippen LogP contribution is 2.21. The van der Waals surface area contributed by atoms with E-state index in [0.717, 1.165) is 17.7 Å². The van der Waals surface area contributed by atoms with Gasteiger partial charge in [-0.2, -0.15) is 0 Å². The van der Waals surface area contributed by atoms with E-state index in [-0.39, 0.29) is 6.04 Å². The lowest BCUT2D eigenvalue weighted by atomic mass is 10.1. The van der Waals surface area contributed by atoms with Gasteiger partial charge in [0.15, 0.2) is 9.84 Å². The SMILES string of the molecule is COCCC(C)Nc1cc(S(C)(=O)=O)ccc1C. The molecule has 0 fully saturated rings. The predicted molar refractivity (Wildman–Crippen MR) is 73.9 cm³/mol. The van der Waals surface area contributed by atoms with Gasteiger partial charge in [-0.3, -0.25) is 0 Å². The average molecular weight is 271 g/mol. The van der Waals surface area contributed by atoms with Crippen LogP contribution in [0.3, 0.4) is 0 Å². The molecule has 1 unspecified atom stereocenters. The molecular formula is C13H21NO3S. The number of benzene rings is 1. The van der Waals surface area contributed by atoms with E-state index in [1.54, 1.807) is 19.2 Å². The van der Waals surface area contributed by atoms with Crippen molar-refractivity contribution in [3.8, 4) is 0 Å². The molecule has 1 aromatic rings. The minimum atomic E-state index is -3.16. The summed E-state index contributed by atoms with van der Waals surface area (Å²) in [5.41, 5.74) is 1.90. The quantitative estimate of drug-likeness (QED) is 0.862. The minimum absolute atomic E-state index is 0.235. The van der Waals surface area contributed by atoms with Crippen LogP contribution in [0, 0.1) is 6.92 Å². The molecule has 0 bridgehead atoms. The summed E-state index contributed by atoms with van der Waals surface area (Å²) in [5.74, 6) is 0. The summed E-state index contributed by atoms with van der Waals surface area (Å²) in [6, 6.07) is 5.38. The Morgan fingerprint density at radius 3 is 2.61 bits per heavy atom. The van der Waals surface area contributed by atoms with Crippen molar-refractivity contribution < 1.29 is 13.2 Å². The lowest BCUT2D eigenvalue weighted by molar-refractivity contribution is 0.191. The molecular weight excluding hydrogens is 250 g/mol. The Balaban J connectivity index is 2.88. The van der Waals surface area contributed by atoms with Crippen molar-refractivity contribution in [2.24, 2.45) is 0 Å². The zero-order valence-corrected chi connectivity index (χ0v) is 12.2. The monoisotopic (exact) mass is 271 g/mol. The van der Waals surface area contributed by atoms with Crippen molar-refractivity contribution in [2.45, 2.75) is 31.2 Å². The van der Waals surface area contributed by atoms with Gasteiger partial charge in [-0.05, 0) is 38.0 Å². The lowest BCUT2D eigenvalue weighted by Crippen LogP contribution is -2.18. The van der Waals surface area contributed by atoms with Crippen LogP contribution in [0.15, 0.2) is 23.1 Å². The van der Waals surface area contributed by atoms with Crippen LogP contribution in [-0.4, -0.2) is 34.4 Å². The molecule has 1 aromatic carbocycles. The van der Waals surface area contributed by atoms with Crippen LogP contribution in [0.4, 0.5) is 5.69 Å². The maximum absolute atomic E-state index is 11.5. The smallest absolute Gasteiger partial charge is 0.175 e. The summed E-state index contributed by atoms with van der Waals surface area (Å²) in [5, 5.41) is 3.31. The summed E-state index contributed by atoms with van der Waals surface area (Å²) >= 11 is 0. The molecule has 0 heterocycles. The zero-order valence-electron chi connectivity index (χ0n) is 11.4. The van der Waals surface area contributed by atoms with Crippen LogP contribution >= 0.6 is 0 Å². The molecule has 5 heteroatoms. The second-order valence-corrected chi connectivity index (χ2v) is 6.59. The Morgan fingerprint density at radius 1 is 1.39 bits per heavy atom. The van der Waals surface area contributed by atoms with E-state index >= 15 is 0 Å². The third-order valence-electron chi connectivity index (χ3n) is 2.79. The van der Waals surface area contributed by atoms with E-state index in [0.29, 0.717) is 11.5 Å². The minimum Gasteiger partial charge on any atom is -0.385 e. The first-order valence-electron chi connectivity index (χ1n) is 5.90. The predicted octanol–water partition coefficient (Wildman–Crippen LogP) is 2.24. The molecule has 0 aliphatic rings. The number of hydrogen-bond acceptors (Lipinski definition) is 4. The second kappa shape index (κ2) is 6.20. The van der Waals surface area contributed by atoms with Crippen molar-refractivity contribution in [1.82, 2.24) is 0 Å². The first-order chi connectivity index (χ1) is 8.34. The van der Waals surface area contributed by atoms with E-state index in [2.05, 4.69) is 5.32 Å². The molecule has 1 rings (SSSR count). The maximum Gasteiger partial charge on any atom is 0.175 e. The third kappa shape index (κ3) is 4.31. The fourth-order valence-corrected chi connectivity index (χ4v) is 2.27. The fourth-order valence-electron chi connectivity index (χ4n) is 1.62. The number of ether oxygens (including phenoxy) is 1. The maximum atomic E-state index is 11.5. The van der Waals surface area contributed by atoms with Crippen LogP contribution in [0.5, 0.6) is 0 Å². The Hall–Kier alpha value is -1.07. The summed E-state index contributed by atoms with van der Waals surface area (Å²) in [6.07, 6.45) is 2.09. The first-order valence-corrected chi connectivity index (χ1v) is 7.80. The van der Waals surface area contributed by atoms with Crippen molar-refractivity contribution in [2.75, 3.05) is 25.3 Å². The Kier molecular flexibility index (Phi) is 5.16. The largest absolute Gasteiger partial charge is 0.385 e. The molecule has 1 N–H and O–H groups in total. The van der Waals surface area contributed by atoms with Crippen LogP contribution in [0.1, 0.15) is 18.9 Å². The Morgan fingerprint density at radius 2 is 2.06 bits per heavy atom. The average Bonchev–Trinajstić information content (AvgIpc) is 2.28. The fraction of sp³-hybridized carbons (Fsp3) is 0.538. The molecule has 102 valence electrons. The summed E-state index contributed by atoms with van der Waals surface area (Å²) in [4.78, 5) is 0.342. The number of methoxy groups -OCH3 is 1. The van der Waals surface area contributed by atoms with Crippen LogP contribution in [0.25, 0.3) is 0 Å². The third-order valence-corrected chi connectivity index (χ3v) is 3.90. The number of sulfone groups is 1. The Labute approximate surface area is 109 Å². The van der Waals surface area contributed by atoms with Crippen molar-refractivity contribution in [3.05, 3.63) is 23.8 Å². The van der Waals surface area contributed by atoms with Crippen LogP contribution < -0.4 is 5.32 Å². The van der Waals surface area contributed by atoms with Gasteiger partial charge in [-0.15, -0.1) is 0 Å². The molecule has 0 radical (unpaired) electrons. The van der Waals surface area contributed by atoms with Gasteiger partial charge >= 0.3 is 0 Å². The molecule has 0 aliphatic heterocycles. The van der Waals surface area contributed by atoms with Gasteiger partial charge in [0.1, 0.15) is 0 Å². The highest BCUT2D eigenvalue weighted by molar-refractivity contribution is 7.90. The standard InChI is InChI=1S/C13H21NO3S/c1-10-5-6-12(18(4,15)16)9-13(10)14-11(2)7-8-17-3/h5-6,9,11,14H,7-8H2,1-4H3. The van der Waals surface area contributed by atoms with E-state index in [4.69, 9.17) is 4.74 Å². The van der Waals surface area contributed by atoms with E-state index in [9.17, 15) is 8.42 Å². The molecule has 0 saturated carbocycles. The molecule has 0 spiro atoms. The van der Waals surface area contributed by atoms with Crippen molar-refractivity contribution in [3.63, 3.8) is 0 Å². The van der Waals surface area contributed by atoms with Gasteiger partial charge < -0.3 is 10.1 Å². The van der Waals surface area contributed by atoms with Crippen LogP contribution in [-0.2, 0) is 14.6 Å². The van der Waals surface area contributed by atoms with Crippen molar-refractivity contribution >= 4 is 15.5 Å². The molecule has 0 aliphatic carbocycles. The van der Waals surface area contributed by atoms with Gasteiger partial charge in [-0.25, -0.2) is 8.42 Å². The van der Waals surface area contributed by atoms with Gasteiger partial charge in [0, 0.05) is 31.7 Å².